The van der Waals surface area contributed by atoms with Gasteiger partial charge in [0.05, 0.1) is 11.4 Å². The Bertz CT molecular complexity index is 324. The van der Waals surface area contributed by atoms with Gasteiger partial charge in [0.25, 0.3) is 5.91 Å². The first-order valence-electron chi connectivity index (χ1n) is 3.23. The number of thiol groups is 1. The Morgan fingerprint density at radius 2 is 2.58 bits per heavy atom. The summed E-state index contributed by atoms with van der Waals surface area (Å²) in [7, 11) is 0. The second-order valence-corrected chi connectivity index (χ2v) is 3.48. The molecule has 0 spiro atoms. The van der Waals surface area contributed by atoms with E-state index in [0.29, 0.717) is 4.88 Å². The lowest BCUT2D eigenvalue weighted by Gasteiger charge is -1.95. The van der Waals surface area contributed by atoms with Gasteiger partial charge in [-0.05, 0) is 6.07 Å². The van der Waals surface area contributed by atoms with Crippen LogP contribution in [0.1, 0.15) is 9.67 Å². The molecule has 1 amide bonds. The lowest BCUT2D eigenvalue weighted by Crippen LogP contribution is -2.22. The van der Waals surface area contributed by atoms with Crippen molar-refractivity contribution in [3.05, 3.63) is 16.3 Å². The molecule has 0 fully saturated rings. The quantitative estimate of drug-likeness (QED) is 0.544. The molecule has 0 aliphatic carbocycles. The maximum Gasteiger partial charge on any atom is 0.262 e. The molecular weight excluding hydrogens is 190 g/mol. The number of hydrogen-bond acceptors (Lipinski definition) is 3. The normalized spacial score (nSPS) is 9.00. The molecule has 0 atom stereocenters. The zero-order chi connectivity index (χ0) is 8.97. The van der Waals surface area contributed by atoms with Crippen LogP contribution in [0.25, 0.3) is 0 Å². The zero-order valence-electron chi connectivity index (χ0n) is 6.20. The first kappa shape index (κ1) is 9.17. The van der Waals surface area contributed by atoms with Crippen molar-refractivity contribution in [1.29, 1.82) is 0 Å². The molecule has 1 heterocycles. The summed E-state index contributed by atoms with van der Waals surface area (Å²) in [4.78, 5) is 12.6. The smallest absolute Gasteiger partial charge is 0.262 e. The highest BCUT2D eigenvalue weighted by Crippen LogP contribution is 2.16. The summed E-state index contributed by atoms with van der Waals surface area (Å²) in [5, 5.41) is 4.36. The van der Waals surface area contributed by atoms with Crippen molar-refractivity contribution in [2.75, 3.05) is 6.54 Å². The standard InChI is InChI=1S/C8H7NOS2/c1-2-3-9-8(10)7-4-6(11)5-12-7/h1,4-5,11H,3H2,(H,9,10). The maximum absolute atomic E-state index is 11.2. The van der Waals surface area contributed by atoms with Gasteiger partial charge in [-0.15, -0.1) is 30.4 Å². The maximum atomic E-state index is 11.2. The molecule has 1 aromatic rings. The van der Waals surface area contributed by atoms with Crippen LogP contribution in [0.3, 0.4) is 0 Å². The summed E-state index contributed by atoms with van der Waals surface area (Å²) < 4.78 is 0. The van der Waals surface area contributed by atoms with Crippen molar-refractivity contribution in [3.8, 4) is 12.3 Å². The second-order valence-electron chi connectivity index (χ2n) is 2.06. The van der Waals surface area contributed by atoms with Crippen molar-refractivity contribution in [2.24, 2.45) is 0 Å². The van der Waals surface area contributed by atoms with E-state index in [0.717, 1.165) is 4.90 Å². The van der Waals surface area contributed by atoms with E-state index < -0.39 is 0 Å². The van der Waals surface area contributed by atoms with Gasteiger partial charge >= 0.3 is 0 Å². The molecule has 0 bridgehead atoms. The highest BCUT2D eigenvalue weighted by atomic mass is 32.1. The van der Waals surface area contributed by atoms with Gasteiger partial charge in [-0.25, -0.2) is 0 Å². The molecule has 0 radical (unpaired) electrons. The van der Waals surface area contributed by atoms with Gasteiger partial charge in [0.15, 0.2) is 0 Å². The summed E-state index contributed by atoms with van der Waals surface area (Å²) in [5.74, 6) is 2.19. The van der Waals surface area contributed by atoms with E-state index in [1.807, 2.05) is 0 Å². The van der Waals surface area contributed by atoms with Crippen molar-refractivity contribution in [1.82, 2.24) is 5.32 Å². The highest BCUT2D eigenvalue weighted by molar-refractivity contribution is 7.80. The van der Waals surface area contributed by atoms with Crippen molar-refractivity contribution in [3.63, 3.8) is 0 Å². The van der Waals surface area contributed by atoms with Crippen LogP contribution in [0, 0.1) is 12.3 Å². The van der Waals surface area contributed by atoms with Crippen LogP contribution >= 0.6 is 24.0 Å². The lowest BCUT2D eigenvalue weighted by atomic mass is 10.4. The third kappa shape index (κ3) is 2.29. The molecular formula is C8H7NOS2. The zero-order valence-corrected chi connectivity index (χ0v) is 7.91. The molecule has 0 aliphatic rings. The van der Waals surface area contributed by atoms with E-state index in [9.17, 15) is 4.79 Å². The van der Waals surface area contributed by atoms with E-state index in [-0.39, 0.29) is 12.5 Å². The van der Waals surface area contributed by atoms with Crippen LogP contribution in [0.15, 0.2) is 16.3 Å². The molecule has 1 aromatic heterocycles. The predicted octanol–water partition coefficient (Wildman–Crippen LogP) is 1.40. The van der Waals surface area contributed by atoms with Crippen molar-refractivity contribution < 1.29 is 4.79 Å². The minimum atomic E-state index is -0.141. The predicted molar refractivity (Wildman–Crippen MR) is 52.7 cm³/mol. The van der Waals surface area contributed by atoms with Crippen LogP contribution in [-0.4, -0.2) is 12.5 Å². The van der Waals surface area contributed by atoms with Gasteiger partial charge in [-0.2, -0.15) is 0 Å². The van der Waals surface area contributed by atoms with Crippen LogP contribution in [0.5, 0.6) is 0 Å². The highest BCUT2D eigenvalue weighted by Gasteiger charge is 2.05. The number of thiophene rings is 1. The largest absolute Gasteiger partial charge is 0.340 e. The summed E-state index contributed by atoms with van der Waals surface area (Å²) in [6.07, 6.45) is 4.98. The SMILES string of the molecule is C#CCNC(=O)c1cc(S)cs1. The first-order chi connectivity index (χ1) is 5.74. The molecule has 1 N–H and O–H groups in total. The number of rotatable bonds is 2. The number of terminal acetylenes is 1. The number of nitrogens with one attached hydrogen (secondary N) is 1. The van der Waals surface area contributed by atoms with Gasteiger partial charge in [0.1, 0.15) is 0 Å². The molecule has 0 saturated carbocycles. The molecule has 12 heavy (non-hydrogen) atoms. The molecule has 1 rings (SSSR count). The number of hydrogen-bond donors (Lipinski definition) is 2. The summed E-state index contributed by atoms with van der Waals surface area (Å²) >= 11 is 5.43. The minimum Gasteiger partial charge on any atom is -0.340 e. The molecule has 0 aliphatic heterocycles. The molecule has 2 nitrogen and oxygen atoms in total. The van der Waals surface area contributed by atoms with Crippen molar-refractivity contribution in [2.45, 2.75) is 4.90 Å². The van der Waals surface area contributed by atoms with E-state index in [1.54, 1.807) is 11.4 Å². The van der Waals surface area contributed by atoms with Gasteiger partial charge in [-0.1, -0.05) is 5.92 Å². The molecule has 0 aromatic carbocycles. The Morgan fingerprint density at radius 1 is 1.83 bits per heavy atom. The second kappa shape index (κ2) is 4.19. The molecule has 0 unspecified atom stereocenters. The fourth-order valence-corrected chi connectivity index (χ4v) is 1.73. The van der Waals surface area contributed by atoms with Crippen LogP contribution in [0.2, 0.25) is 0 Å². The van der Waals surface area contributed by atoms with Gasteiger partial charge in [0.2, 0.25) is 0 Å². The monoisotopic (exact) mass is 197 g/mol. The Balaban J connectivity index is 2.61. The Morgan fingerprint density at radius 3 is 3.08 bits per heavy atom. The third-order valence-corrected chi connectivity index (χ3v) is 2.52. The third-order valence-electron chi connectivity index (χ3n) is 1.16. The van der Waals surface area contributed by atoms with E-state index in [1.165, 1.54) is 11.3 Å². The summed E-state index contributed by atoms with van der Waals surface area (Å²) in [6.45, 7) is 0.263. The topological polar surface area (TPSA) is 29.1 Å². The lowest BCUT2D eigenvalue weighted by molar-refractivity contribution is 0.0962. The van der Waals surface area contributed by atoms with E-state index >= 15 is 0 Å². The van der Waals surface area contributed by atoms with Crippen LogP contribution in [0.4, 0.5) is 0 Å². The molecule has 62 valence electrons. The van der Waals surface area contributed by atoms with Gasteiger partial charge in [0, 0.05) is 10.3 Å². The summed E-state index contributed by atoms with van der Waals surface area (Å²) in [6, 6.07) is 1.71. The Kier molecular flexibility index (Phi) is 3.20. The fourth-order valence-electron chi connectivity index (χ4n) is 0.664. The van der Waals surface area contributed by atoms with Gasteiger partial charge < -0.3 is 5.32 Å². The van der Waals surface area contributed by atoms with E-state index in [4.69, 9.17) is 6.42 Å². The Hall–Kier alpha value is -0.920. The minimum absolute atomic E-state index is 0.141. The first-order valence-corrected chi connectivity index (χ1v) is 4.56. The average Bonchev–Trinajstić information content (AvgIpc) is 2.47. The van der Waals surface area contributed by atoms with Crippen LogP contribution < -0.4 is 5.32 Å². The Labute approximate surface area is 80.4 Å². The summed E-state index contributed by atoms with van der Waals surface area (Å²) in [5.41, 5.74) is 0. The molecule has 0 saturated heterocycles. The number of carbonyl (C=O) groups excluding carboxylic acids is 1. The van der Waals surface area contributed by atoms with E-state index in [2.05, 4.69) is 23.9 Å². The van der Waals surface area contributed by atoms with Crippen molar-refractivity contribution >= 4 is 29.9 Å². The van der Waals surface area contributed by atoms with Gasteiger partial charge in [-0.3, -0.25) is 4.79 Å². The molecule has 4 heteroatoms. The van der Waals surface area contributed by atoms with Crippen LogP contribution in [-0.2, 0) is 0 Å². The average molecular weight is 197 g/mol. The number of amides is 1. The number of carbonyl (C=O) groups is 1. The fraction of sp³-hybridized carbons (Fsp3) is 0.125.